The lowest BCUT2D eigenvalue weighted by atomic mass is 10.1. The maximum absolute atomic E-state index is 10.9. The molecule has 1 aromatic rings. The molecule has 3 N–H and O–H groups in total. The van der Waals surface area contributed by atoms with Crippen molar-refractivity contribution in [2.75, 3.05) is 11.9 Å². The fraction of sp³-hybridized carbons (Fsp3) is 0.500. The molecular formula is C12H18N2O3. The number of aryl methyl sites for hydroxylation is 1. The van der Waals surface area contributed by atoms with Crippen LogP contribution in [0.2, 0.25) is 0 Å². The van der Waals surface area contributed by atoms with E-state index in [1.165, 1.54) is 12.1 Å². The van der Waals surface area contributed by atoms with E-state index in [0.29, 0.717) is 11.5 Å². The molecule has 2 atom stereocenters. The third kappa shape index (κ3) is 3.71. The van der Waals surface area contributed by atoms with Crippen LogP contribution >= 0.6 is 0 Å². The largest absolute Gasteiger partial charge is 0.478 e. The van der Waals surface area contributed by atoms with Crippen molar-refractivity contribution >= 4 is 11.8 Å². The monoisotopic (exact) mass is 238 g/mol. The second kappa shape index (κ2) is 5.63. The number of carboxylic acids is 1. The number of hydrogen-bond acceptors (Lipinski definition) is 4. The number of aromatic carboxylic acids is 1. The highest BCUT2D eigenvalue weighted by atomic mass is 16.4. The number of nitrogens with one attached hydrogen (secondary N) is 1. The van der Waals surface area contributed by atoms with E-state index < -0.39 is 5.97 Å². The van der Waals surface area contributed by atoms with Crippen LogP contribution in [0.25, 0.3) is 0 Å². The number of aromatic nitrogens is 1. The molecule has 17 heavy (non-hydrogen) atoms. The molecule has 0 aliphatic carbocycles. The average Bonchev–Trinajstić information content (AvgIpc) is 2.26. The lowest BCUT2D eigenvalue weighted by molar-refractivity contribution is 0.0696. The molecule has 0 aromatic carbocycles. The second-order valence-corrected chi connectivity index (χ2v) is 4.28. The first-order chi connectivity index (χ1) is 7.93. The maximum atomic E-state index is 10.9. The Balaban J connectivity index is 2.87. The number of anilines is 1. The summed E-state index contributed by atoms with van der Waals surface area (Å²) in [5.41, 5.74) is 0.861. The zero-order chi connectivity index (χ0) is 13.0. The lowest BCUT2D eigenvalue weighted by Crippen LogP contribution is -2.26. The third-order valence-corrected chi connectivity index (χ3v) is 2.72. The van der Waals surface area contributed by atoms with E-state index >= 15 is 0 Å². The van der Waals surface area contributed by atoms with E-state index in [4.69, 9.17) is 10.2 Å². The normalized spacial score (nSPS) is 14.1. The quantitative estimate of drug-likeness (QED) is 0.724. The van der Waals surface area contributed by atoms with E-state index in [-0.39, 0.29) is 24.1 Å². The van der Waals surface area contributed by atoms with Gasteiger partial charge in [0.25, 0.3) is 0 Å². The zero-order valence-electron chi connectivity index (χ0n) is 10.3. The number of hydrogen-bond donors (Lipinski definition) is 3. The molecule has 0 amide bonds. The molecule has 0 spiro atoms. The summed E-state index contributed by atoms with van der Waals surface area (Å²) in [7, 11) is 0. The molecule has 1 heterocycles. The summed E-state index contributed by atoms with van der Waals surface area (Å²) in [6, 6.07) is 3.04. The molecule has 0 radical (unpaired) electrons. The van der Waals surface area contributed by atoms with E-state index in [0.717, 1.165) is 0 Å². The number of pyridine rings is 1. The highest BCUT2D eigenvalue weighted by molar-refractivity contribution is 5.88. The van der Waals surface area contributed by atoms with Gasteiger partial charge in [-0.1, -0.05) is 6.92 Å². The number of rotatable bonds is 5. The van der Waals surface area contributed by atoms with Crippen LogP contribution in [0, 0.1) is 12.8 Å². The van der Waals surface area contributed by atoms with Crippen LogP contribution in [-0.2, 0) is 0 Å². The third-order valence-electron chi connectivity index (χ3n) is 2.72. The van der Waals surface area contributed by atoms with Gasteiger partial charge in [-0.15, -0.1) is 0 Å². The molecule has 2 unspecified atom stereocenters. The van der Waals surface area contributed by atoms with Gasteiger partial charge >= 0.3 is 5.97 Å². The molecule has 5 heteroatoms. The summed E-state index contributed by atoms with van der Waals surface area (Å²) >= 11 is 0. The van der Waals surface area contributed by atoms with Crippen molar-refractivity contribution in [1.29, 1.82) is 0 Å². The van der Waals surface area contributed by atoms with E-state index in [2.05, 4.69) is 10.3 Å². The number of carboxylic acid groups (broad SMARTS) is 1. The van der Waals surface area contributed by atoms with Gasteiger partial charge < -0.3 is 15.5 Å². The fourth-order valence-electron chi connectivity index (χ4n) is 1.40. The fourth-order valence-corrected chi connectivity index (χ4v) is 1.40. The summed E-state index contributed by atoms with van der Waals surface area (Å²) in [5.74, 6) is -0.373. The average molecular weight is 238 g/mol. The van der Waals surface area contributed by atoms with Gasteiger partial charge in [0.05, 0.1) is 5.56 Å². The van der Waals surface area contributed by atoms with Crippen molar-refractivity contribution in [3.8, 4) is 0 Å². The predicted octanol–water partition coefficient (Wildman–Crippen LogP) is 1.52. The van der Waals surface area contributed by atoms with E-state index in [9.17, 15) is 4.79 Å². The Labute approximate surface area is 101 Å². The summed E-state index contributed by atoms with van der Waals surface area (Å²) in [4.78, 5) is 15.1. The number of aliphatic hydroxyl groups excluding tert-OH is 1. The summed E-state index contributed by atoms with van der Waals surface area (Å²) in [5, 5.41) is 21.0. The van der Waals surface area contributed by atoms with Crippen LogP contribution in [0.3, 0.4) is 0 Å². The van der Waals surface area contributed by atoms with E-state index in [1.54, 1.807) is 6.92 Å². The smallest absolute Gasteiger partial charge is 0.335 e. The van der Waals surface area contributed by atoms with Crippen LogP contribution in [-0.4, -0.2) is 33.8 Å². The predicted molar refractivity (Wildman–Crippen MR) is 65.3 cm³/mol. The van der Waals surface area contributed by atoms with Crippen molar-refractivity contribution in [3.63, 3.8) is 0 Å². The number of carbonyl (C=O) groups is 1. The van der Waals surface area contributed by atoms with E-state index in [1.807, 2.05) is 13.8 Å². The lowest BCUT2D eigenvalue weighted by Gasteiger charge is -2.20. The van der Waals surface area contributed by atoms with Gasteiger partial charge in [-0.2, -0.15) is 0 Å². The Kier molecular flexibility index (Phi) is 4.45. The van der Waals surface area contributed by atoms with Gasteiger partial charge in [0.1, 0.15) is 5.82 Å². The van der Waals surface area contributed by atoms with Gasteiger partial charge in [0, 0.05) is 18.3 Å². The first-order valence-corrected chi connectivity index (χ1v) is 5.53. The molecule has 94 valence electrons. The van der Waals surface area contributed by atoms with Crippen LogP contribution in [0.15, 0.2) is 12.1 Å². The van der Waals surface area contributed by atoms with Crippen LogP contribution in [0.1, 0.15) is 29.9 Å². The Morgan fingerprint density at radius 3 is 2.65 bits per heavy atom. The van der Waals surface area contributed by atoms with Gasteiger partial charge in [0.15, 0.2) is 0 Å². The maximum Gasteiger partial charge on any atom is 0.335 e. The zero-order valence-corrected chi connectivity index (χ0v) is 10.3. The minimum atomic E-state index is -0.971. The summed E-state index contributed by atoms with van der Waals surface area (Å²) in [6.07, 6.45) is 0. The second-order valence-electron chi connectivity index (χ2n) is 4.28. The minimum absolute atomic E-state index is 0.0240. The molecule has 0 saturated carbocycles. The highest BCUT2D eigenvalue weighted by Gasteiger charge is 2.13. The Hall–Kier alpha value is -1.62. The molecule has 0 bridgehead atoms. The molecule has 0 fully saturated rings. The van der Waals surface area contributed by atoms with Crippen molar-refractivity contribution in [1.82, 2.24) is 4.98 Å². The summed E-state index contributed by atoms with van der Waals surface area (Å²) in [6.45, 7) is 5.65. The first-order valence-electron chi connectivity index (χ1n) is 5.53. The molecule has 1 rings (SSSR count). The molecule has 0 aliphatic rings. The van der Waals surface area contributed by atoms with Gasteiger partial charge in [-0.05, 0) is 31.9 Å². The summed E-state index contributed by atoms with van der Waals surface area (Å²) < 4.78 is 0. The standard InChI is InChI=1S/C12H18N2O3/c1-7(6-15)9(3)14-11-5-10(12(16)17)4-8(2)13-11/h4-5,7,9,15H,6H2,1-3H3,(H,13,14)(H,16,17). The van der Waals surface area contributed by atoms with Crippen molar-refractivity contribution in [2.24, 2.45) is 5.92 Å². The first kappa shape index (κ1) is 13.4. The number of aliphatic hydroxyl groups is 1. The molecular weight excluding hydrogens is 220 g/mol. The van der Waals surface area contributed by atoms with Crippen molar-refractivity contribution in [3.05, 3.63) is 23.4 Å². The minimum Gasteiger partial charge on any atom is -0.478 e. The Morgan fingerprint density at radius 2 is 2.12 bits per heavy atom. The molecule has 0 aliphatic heterocycles. The van der Waals surface area contributed by atoms with Crippen LogP contribution in [0.4, 0.5) is 5.82 Å². The van der Waals surface area contributed by atoms with Gasteiger partial charge in [-0.25, -0.2) is 9.78 Å². The van der Waals surface area contributed by atoms with Crippen LogP contribution in [0.5, 0.6) is 0 Å². The Morgan fingerprint density at radius 1 is 1.47 bits per heavy atom. The number of nitrogens with zero attached hydrogens (tertiary/aromatic N) is 1. The van der Waals surface area contributed by atoms with Crippen molar-refractivity contribution in [2.45, 2.75) is 26.8 Å². The topological polar surface area (TPSA) is 82.5 Å². The SMILES string of the molecule is Cc1cc(C(=O)O)cc(NC(C)C(C)CO)n1. The van der Waals surface area contributed by atoms with Gasteiger partial charge in [0.2, 0.25) is 0 Å². The Bertz CT molecular complexity index is 407. The molecule has 5 nitrogen and oxygen atoms in total. The molecule has 0 saturated heterocycles. The van der Waals surface area contributed by atoms with Crippen LogP contribution < -0.4 is 5.32 Å². The highest BCUT2D eigenvalue weighted by Crippen LogP contribution is 2.14. The molecule has 1 aromatic heterocycles. The van der Waals surface area contributed by atoms with Gasteiger partial charge in [-0.3, -0.25) is 0 Å². The van der Waals surface area contributed by atoms with Crippen molar-refractivity contribution < 1.29 is 15.0 Å².